The molecule has 1 N–H and O–H groups in total. The molecule has 3 heteroatoms. The van der Waals surface area contributed by atoms with Crippen LogP contribution >= 0.6 is 0 Å². The molecule has 0 bridgehead atoms. The maximum Gasteiger partial charge on any atom is 0.0710 e. The molecule has 3 nitrogen and oxygen atoms in total. The largest absolute Gasteiger partial charge is 0.371 e. The van der Waals surface area contributed by atoms with Crippen LogP contribution in [-0.2, 0) is 4.74 Å². The Balaban J connectivity index is 1.43. The number of piperazine rings is 1. The summed E-state index contributed by atoms with van der Waals surface area (Å²) in [6.07, 6.45) is 8.67. The smallest absolute Gasteiger partial charge is 0.0710 e. The summed E-state index contributed by atoms with van der Waals surface area (Å²) >= 11 is 0. The minimum atomic E-state index is 0.105. The van der Waals surface area contributed by atoms with Gasteiger partial charge in [-0.1, -0.05) is 0 Å². The quantitative estimate of drug-likeness (QED) is 0.862. The van der Waals surface area contributed by atoms with E-state index in [1.54, 1.807) is 0 Å². The molecule has 0 aromatic rings. The summed E-state index contributed by atoms with van der Waals surface area (Å²) in [5.74, 6) is 1.87. The third-order valence-corrected chi connectivity index (χ3v) is 6.35. The molecule has 21 heavy (non-hydrogen) atoms. The van der Waals surface area contributed by atoms with E-state index in [-0.39, 0.29) is 5.60 Å². The number of hydrogen-bond donors (Lipinski definition) is 1. The fraction of sp³-hybridized carbons (Fsp3) is 1.00. The van der Waals surface area contributed by atoms with Crippen molar-refractivity contribution in [2.24, 2.45) is 11.8 Å². The summed E-state index contributed by atoms with van der Waals surface area (Å²) in [5, 5.41) is 3.92. The number of hydrogen-bond acceptors (Lipinski definition) is 3. The first-order valence-corrected chi connectivity index (χ1v) is 9.12. The second kappa shape index (κ2) is 4.94. The maximum atomic E-state index is 6.28. The van der Waals surface area contributed by atoms with Crippen LogP contribution in [0.3, 0.4) is 0 Å². The van der Waals surface area contributed by atoms with Crippen molar-refractivity contribution in [2.75, 3.05) is 19.6 Å². The molecule has 0 radical (unpaired) electrons. The van der Waals surface area contributed by atoms with Gasteiger partial charge in [0, 0.05) is 31.2 Å². The zero-order valence-electron chi connectivity index (χ0n) is 14.0. The second-order valence-electron chi connectivity index (χ2n) is 8.95. The Bertz CT molecular complexity index is 402. The molecule has 2 saturated carbocycles. The third kappa shape index (κ3) is 3.02. The van der Waals surface area contributed by atoms with E-state index in [0.29, 0.717) is 11.6 Å². The molecule has 120 valence electrons. The Morgan fingerprint density at radius 1 is 1.10 bits per heavy atom. The molecule has 4 fully saturated rings. The molecule has 2 heterocycles. The van der Waals surface area contributed by atoms with Crippen molar-refractivity contribution >= 4 is 0 Å². The summed E-state index contributed by atoms with van der Waals surface area (Å²) in [6, 6.07) is 0.768. The fourth-order valence-electron chi connectivity index (χ4n) is 4.67. The fourth-order valence-corrected chi connectivity index (χ4v) is 4.67. The van der Waals surface area contributed by atoms with Crippen LogP contribution in [0.1, 0.15) is 59.3 Å². The predicted octanol–water partition coefficient (Wildman–Crippen LogP) is 2.80. The Morgan fingerprint density at radius 3 is 2.43 bits per heavy atom. The molecule has 4 rings (SSSR count). The molecule has 0 aromatic heterocycles. The second-order valence-corrected chi connectivity index (χ2v) is 8.95. The van der Waals surface area contributed by atoms with Gasteiger partial charge in [-0.05, 0) is 71.1 Å². The van der Waals surface area contributed by atoms with E-state index in [9.17, 15) is 0 Å². The van der Waals surface area contributed by atoms with Crippen LogP contribution in [-0.4, -0.2) is 47.8 Å². The summed E-state index contributed by atoms with van der Waals surface area (Å²) < 4.78 is 6.28. The minimum absolute atomic E-state index is 0.105. The van der Waals surface area contributed by atoms with Gasteiger partial charge in [-0.3, -0.25) is 4.90 Å². The van der Waals surface area contributed by atoms with Crippen molar-refractivity contribution in [2.45, 2.75) is 82.6 Å². The van der Waals surface area contributed by atoms with Gasteiger partial charge < -0.3 is 10.1 Å². The Labute approximate surface area is 129 Å². The summed E-state index contributed by atoms with van der Waals surface area (Å²) in [6.45, 7) is 10.6. The first-order valence-electron chi connectivity index (χ1n) is 9.12. The molecule has 0 spiro atoms. The van der Waals surface area contributed by atoms with E-state index in [4.69, 9.17) is 4.74 Å². The highest BCUT2D eigenvalue weighted by Gasteiger charge is 2.49. The zero-order valence-corrected chi connectivity index (χ0v) is 14.0. The van der Waals surface area contributed by atoms with E-state index in [0.717, 1.165) is 24.4 Å². The van der Waals surface area contributed by atoms with Gasteiger partial charge >= 0.3 is 0 Å². The third-order valence-electron chi connectivity index (χ3n) is 6.35. The molecule has 2 saturated heterocycles. The normalized spacial score (nSPS) is 44.1. The van der Waals surface area contributed by atoms with Gasteiger partial charge in [0.2, 0.25) is 0 Å². The van der Waals surface area contributed by atoms with Crippen molar-refractivity contribution in [1.82, 2.24) is 10.2 Å². The van der Waals surface area contributed by atoms with Gasteiger partial charge in [0.05, 0.1) is 11.7 Å². The van der Waals surface area contributed by atoms with Gasteiger partial charge in [0.25, 0.3) is 0 Å². The van der Waals surface area contributed by atoms with Crippen LogP contribution in [0.15, 0.2) is 0 Å². The molecule has 0 aromatic carbocycles. The van der Waals surface area contributed by atoms with Crippen molar-refractivity contribution in [3.05, 3.63) is 0 Å². The van der Waals surface area contributed by atoms with E-state index in [1.165, 1.54) is 51.6 Å². The summed E-state index contributed by atoms with van der Waals surface area (Å²) in [4.78, 5) is 2.80. The predicted molar refractivity (Wildman–Crippen MR) is 85.4 cm³/mol. The number of rotatable bonds is 4. The Hall–Kier alpha value is -0.120. The van der Waals surface area contributed by atoms with Gasteiger partial charge in [-0.25, -0.2) is 0 Å². The summed E-state index contributed by atoms with van der Waals surface area (Å²) in [5.41, 5.74) is 0.465. The minimum Gasteiger partial charge on any atom is -0.371 e. The Kier molecular flexibility index (Phi) is 3.40. The lowest BCUT2D eigenvalue weighted by Gasteiger charge is -2.47. The average Bonchev–Trinajstić information content (AvgIpc) is 3.28. The van der Waals surface area contributed by atoms with Gasteiger partial charge in [-0.2, -0.15) is 0 Å². The first kappa shape index (κ1) is 14.5. The van der Waals surface area contributed by atoms with Crippen LogP contribution in [0.2, 0.25) is 0 Å². The standard InChI is InChI=1S/C18H32N2O/c1-17(2)9-8-15(21-17)11-20-12-18(3,14-6-7-14)19-10-16(20)13-4-5-13/h13-16,19H,4-12H2,1-3H3. The van der Waals surface area contributed by atoms with Gasteiger partial charge in [-0.15, -0.1) is 0 Å². The topological polar surface area (TPSA) is 24.5 Å². The van der Waals surface area contributed by atoms with E-state index < -0.39 is 0 Å². The van der Waals surface area contributed by atoms with E-state index in [1.807, 2.05) is 0 Å². The van der Waals surface area contributed by atoms with Crippen LogP contribution in [0.25, 0.3) is 0 Å². The van der Waals surface area contributed by atoms with Crippen molar-refractivity contribution in [1.29, 1.82) is 0 Å². The van der Waals surface area contributed by atoms with Crippen LogP contribution < -0.4 is 5.32 Å². The number of nitrogens with zero attached hydrogens (tertiary/aromatic N) is 1. The molecule has 3 unspecified atom stereocenters. The molecular formula is C18H32N2O. The lowest BCUT2D eigenvalue weighted by molar-refractivity contribution is -0.0463. The molecule has 3 atom stereocenters. The van der Waals surface area contributed by atoms with Crippen molar-refractivity contribution in [3.63, 3.8) is 0 Å². The van der Waals surface area contributed by atoms with Crippen LogP contribution in [0.5, 0.6) is 0 Å². The van der Waals surface area contributed by atoms with Gasteiger partial charge in [0.15, 0.2) is 0 Å². The lowest BCUT2D eigenvalue weighted by atomic mass is 9.89. The van der Waals surface area contributed by atoms with Crippen LogP contribution in [0, 0.1) is 11.8 Å². The molecule has 2 aliphatic heterocycles. The van der Waals surface area contributed by atoms with Crippen molar-refractivity contribution in [3.8, 4) is 0 Å². The molecule has 0 amide bonds. The number of nitrogens with one attached hydrogen (secondary N) is 1. The number of ether oxygens (including phenoxy) is 1. The lowest BCUT2D eigenvalue weighted by Crippen LogP contribution is -2.65. The average molecular weight is 292 g/mol. The highest BCUT2D eigenvalue weighted by atomic mass is 16.5. The van der Waals surface area contributed by atoms with E-state index >= 15 is 0 Å². The van der Waals surface area contributed by atoms with Gasteiger partial charge in [0.1, 0.15) is 0 Å². The highest BCUT2D eigenvalue weighted by Crippen LogP contribution is 2.44. The first-order chi connectivity index (χ1) is 9.95. The molecular weight excluding hydrogens is 260 g/mol. The SMILES string of the molecule is CC1(C)CCC(CN2CC(C)(C3CC3)NCC2C2CC2)O1. The Morgan fingerprint density at radius 2 is 1.86 bits per heavy atom. The highest BCUT2D eigenvalue weighted by molar-refractivity contribution is 5.06. The van der Waals surface area contributed by atoms with Crippen LogP contribution in [0.4, 0.5) is 0 Å². The molecule has 2 aliphatic carbocycles. The monoisotopic (exact) mass is 292 g/mol. The summed E-state index contributed by atoms with van der Waals surface area (Å²) in [7, 11) is 0. The van der Waals surface area contributed by atoms with Crippen molar-refractivity contribution < 1.29 is 4.74 Å². The van der Waals surface area contributed by atoms with E-state index in [2.05, 4.69) is 31.0 Å². The molecule has 4 aliphatic rings. The zero-order chi connectivity index (χ0) is 14.7. The maximum absolute atomic E-state index is 6.28.